The average molecular weight is 256 g/mol. The minimum Gasteiger partial charge on any atom is -0.493 e. The molecule has 0 aromatic heterocycles. The molecule has 0 bridgehead atoms. The number of aliphatic hydroxyl groups is 1. The largest absolute Gasteiger partial charge is 0.493 e. The second-order valence-corrected chi connectivity index (χ2v) is 4.82. The van der Waals surface area contributed by atoms with E-state index in [0.29, 0.717) is 6.61 Å². The topological polar surface area (TPSA) is 29.5 Å². The van der Waals surface area contributed by atoms with Gasteiger partial charge in [0.15, 0.2) is 0 Å². The van der Waals surface area contributed by atoms with Gasteiger partial charge in [-0.2, -0.15) is 0 Å². The maximum Gasteiger partial charge on any atom is 0.125 e. The third kappa shape index (κ3) is 2.64. The monoisotopic (exact) mass is 256 g/mol. The van der Waals surface area contributed by atoms with Crippen LogP contribution in [0.4, 0.5) is 0 Å². The van der Waals surface area contributed by atoms with Crippen LogP contribution in [0.25, 0.3) is 0 Å². The molecule has 2 aromatic rings. The number of hydrogen-bond acceptors (Lipinski definition) is 2. The van der Waals surface area contributed by atoms with E-state index in [4.69, 9.17) is 4.74 Å². The number of benzene rings is 2. The van der Waals surface area contributed by atoms with E-state index in [1.54, 1.807) is 0 Å². The van der Waals surface area contributed by atoms with E-state index in [-0.39, 0.29) is 0 Å². The first-order valence-electron chi connectivity index (χ1n) is 6.58. The molecule has 100 valence electrons. The van der Waals surface area contributed by atoms with Crippen molar-refractivity contribution in [1.82, 2.24) is 0 Å². The molecule has 0 amide bonds. The lowest BCUT2D eigenvalue weighted by Gasteiger charge is -2.28. The summed E-state index contributed by atoms with van der Waals surface area (Å²) in [5.74, 6) is 0.734. The van der Waals surface area contributed by atoms with Gasteiger partial charge in [0.2, 0.25) is 0 Å². The molecule has 1 N–H and O–H groups in total. The highest BCUT2D eigenvalue weighted by molar-refractivity contribution is 5.46. The molecule has 2 nitrogen and oxygen atoms in total. The van der Waals surface area contributed by atoms with Crippen LogP contribution in [0, 0.1) is 6.92 Å². The molecule has 0 aliphatic heterocycles. The summed E-state index contributed by atoms with van der Waals surface area (Å²) >= 11 is 0. The molecule has 0 spiro atoms. The summed E-state index contributed by atoms with van der Waals surface area (Å²) in [6.07, 6.45) is 0. The average Bonchev–Trinajstić information content (AvgIpc) is 2.40. The van der Waals surface area contributed by atoms with Gasteiger partial charge in [-0.1, -0.05) is 42.5 Å². The van der Waals surface area contributed by atoms with Crippen LogP contribution in [0.3, 0.4) is 0 Å². The number of aryl methyl sites for hydroxylation is 1. The van der Waals surface area contributed by atoms with E-state index in [0.717, 1.165) is 22.4 Å². The zero-order chi connectivity index (χ0) is 13.9. The number of para-hydroxylation sites is 1. The lowest BCUT2D eigenvalue weighted by molar-refractivity contribution is 0.0974. The molecular formula is C17H20O2. The van der Waals surface area contributed by atoms with E-state index >= 15 is 0 Å². The Labute approximate surface area is 114 Å². The summed E-state index contributed by atoms with van der Waals surface area (Å²) in [5, 5.41) is 11.0. The molecule has 2 rings (SSSR count). The molecule has 0 saturated heterocycles. The molecule has 2 aromatic carbocycles. The third-order valence-corrected chi connectivity index (χ3v) is 3.38. The van der Waals surface area contributed by atoms with Gasteiger partial charge in [0.25, 0.3) is 0 Å². The molecule has 0 heterocycles. The van der Waals surface area contributed by atoms with Gasteiger partial charge in [-0.15, -0.1) is 0 Å². The predicted octanol–water partition coefficient (Wildman–Crippen LogP) is 3.65. The number of ether oxygens (including phenoxy) is 1. The maximum absolute atomic E-state index is 11.0. The molecule has 0 fully saturated rings. The zero-order valence-electron chi connectivity index (χ0n) is 11.7. The predicted molar refractivity (Wildman–Crippen MR) is 77.5 cm³/mol. The lowest BCUT2D eigenvalue weighted by atomic mass is 9.85. The molecule has 19 heavy (non-hydrogen) atoms. The Bertz CT molecular complexity index is 559. The lowest BCUT2D eigenvalue weighted by Crippen LogP contribution is -2.24. The normalized spacial score (nSPS) is 13.9. The van der Waals surface area contributed by atoms with E-state index in [2.05, 4.69) is 0 Å². The van der Waals surface area contributed by atoms with Gasteiger partial charge in [0, 0.05) is 5.56 Å². The molecule has 1 unspecified atom stereocenters. The summed E-state index contributed by atoms with van der Waals surface area (Å²) in [5.41, 5.74) is 1.71. The van der Waals surface area contributed by atoms with Gasteiger partial charge in [0.1, 0.15) is 11.4 Å². The molecule has 0 radical (unpaired) electrons. The zero-order valence-corrected chi connectivity index (χ0v) is 11.7. The number of rotatable bonds is 4. The first kappa shape index (κ1) is 13.6. The highest BCUT2D eigenvalue weighted by Gasteiger charge is 2.29. The standard InChI is InChI=1S/C17H20O2/c1-4-19-16-12-8-7-11-15(16)17(3,18)14-10-6-5-9-13(14)2/h5-12,18H,4H2,1-3H3. The Morgan fingerprint density at radius 2 is 1.58 bits per heavy atom. The van der Waals surface area contributed by atoms with Crippen LogP contribution in [0.1, 0.15) is 30.5 Å². The Morgan fingerprint density at radius 3 is 2.21 bits per heavy atom. The van der Waals surface area contributed by atoms with Crippen LogP contribution >= 0.6 is 0 Å². The molecule has 0 saturated carbocycles. The van der Waals surface area contributed by atoms with E-state index in [9.17, 15) is 5.11 Å². The summed E-state index contributed by atoms with van der Waals surface area (Å²) < 4.78 is 5.62. The van der Waals surface area contributed by atoms with Gasteiger partial charge >= 0.3 is 0 Å². The second kappa shape index (κ2) is 5.45. The van der Waals surface area contributed by atoms with Gasteiger partial charge < -0.3 is 9.84 Å². The molecule has 1 atom stereocenters. The summed E-state index contributed by atoms with van der Waals surface area (Å²) in [7, 11) is 0. The Kier molecular flexibility index (Phi) is 3.91. The van der Waals surface area contributed by atoms with E-state index < -0.39 is 5.60 Å². The molecule has 0 aliphatic carbocycles. The highest BCUT2D eigenvalue weighted by atomic mass is 16.5. The van der Waals surface area contributed by atoms with Crippen molar-refractivity contribution in [1.29, 1.82) is 0 Å². The van der Waals surface area contributed by atoms with Crippen molar-refractivity contribution >= 4 is 0 Å². The fourth-order valence-electron chi connectivity index (χ4n) is 2.41. The first-order valence-corrected chi connectivity index (χ1v) is 6.58. The highest BCUT2D eigenvalue weighted by Crippen LogP contribution is 2.36. The van der Waals surface area contributed by atoms with Crippen molar-refractivity contribution in [2.24, 2.45) is 0 Å². The van der Waals surface area contributed by atoms with Crippen molar-refractivity contribution in [3.8, 4) is 5.75 Å². The Hall–Kier alpha value is -1.80. The van der Waals surface area contributed by atoms with Crippen molar-refractivity contribution in [3.63, 3.8) is 0 Å². The van der Waals surface area contributed by atoms with Crippen LogP contribution in [0.15, 0.2) is 48.5 Å². The quantitative estimate of drug-likeness (QED) is 0.904. The Balaban J connectivity index is 2.53. The first-order chi connectivity index (χ1) is 9.07. The summed E-state index contributed by atoms with van der Waals surface area (Å²) in [6, 6.07) is 15.5. The summed E-state index contributed by atoms with van der Waals surface area (Å²) in [4.78, 5) is 0. The van der Waals surface area contributed by atoms with E-state index in [1.165, 1.54) is 0 Å². The van der Waals surface area contributed by atoms with E-state index in [1.807, 2.05) is 69.3 Å². The van der Waals surface area contributed by atoms with Crippen LogP contribution in [-0.2, 0) is 5.60 Å². The molecule has 0 aliphatic rings. The van der Waals surface area contributed by atoms with Crippen LogP contribution in [-0.4, -0.2) is 11.7 Å². The smallest absolute Gasteiger partial charge is 0.125 e. The minimum absolute atomic E-state index is 0.584. The van der Waals surface area contributed by atoms with Crippen molar-refractivity contribution in [2.75, 3.05) is 6.61 Å². The van der Waals surface area contributed by atoms with Crippen LogP contribution in [0.2, 0.25) is 0 Å². The van der Waals surface area contributed by atoms with Gasteiger partial charge in [-0.05, 0) is 38.0 Å². The number of hydrogen-bond donors (Lipinski definition) is 1. The Morgan fingerprint density at radius 1 is 1.00 bits per heavy atom. The fraction of sp³-hybridized carbons (Fsp3) is 0.294. The molecular weight excluding hydrogens is 236 g/mol. The summed E-state index contributed by atoms with van der Waals surface area (Å²) in [6.45, 7) is 6.35. The molecule has 2 heteroatoms. The third-order valence-electron chi connectivity index (χ3n) is 3.38. The van der Waals surface area contributed by atoms with Crippen molar-refractivity contribution in [3.05, 3.63) is 65.2 Å². The minimum atomic E-state index is -1.06. The van der Waals surface area contributed by atoms with Crippen LogP contribution < -0.4 is 4.74 Å². The SMILES string of the molecule is CCOc1ccccc1C(C)(O)c1ccccc1C. The fourth-order valence-corrected chi connectivity index (χ4v) is 2.41. The maximum atomic E-state index is 11.0. The van der Waals surface area contributed by atoms with Gasteiger partial charge in [0.05, 0.1) is 6.61 Å². The van der Waals surface area contributed by atoms with Gasteiger partial charge in [-0.3, -0.25) is 0 Å². The van der Waals surface area contributed by atoms with Crippen molar-refractivity contribution < 1.29 is 9.84 Å². The van der Waals surface area contributed by atoms with Crippen molar-refractivity contribution in [2.45, 2.75) is 26.4 Å². The van der Waals surface area contributed by atoms with Crippen LogP contribution in [0.5, 0.6) is 5.75 Å². The second-order valence-electron chi connectivity index (χ2n) is 4.82. The van der Waals surface area contributed by atoms with Gasteiger partial charge in [-0.25, -0.2) is 0 Å².